The molecular weight excluding hydrogens is 382 g/mol. The summed E-state index contributed by atoms with van der Waals surface area (Å²) in [4.78, 5) is 20.3. The highest BCUT2D eigenvalue weighted by Crippen LogP contribution is 2.28. The summed E-state index contributed by atoms with van der Waals surface area (Å²) in [6, 6.07) is 7.47. The van der Waals surface area contributed by atoms with Gasteiger partial charge in [-0.05, 0) is 56.0 Å². The molecule has 8 heteroatoms. The molecule has 7 nitrogen and oxygen atoms in total. The minimum atomic E-state index is -3.10. The molecule has 1 aromatic rings. The van der Waals surface area contributed by atoms with Gasteiger partial charge < -0.3 is 19.9 Å². The molecule has 0 spiro atoms. The van der Waals surface area contributed by atoms with Crippen molar-refractivity contribution in [3.8, 4) is 0 Å². The van der Waals surface area contributed by atoms with Crippen LogP contribution in [0.1, 0.15) is 45.1 Å². The average molecular weight is 416 g/mol. The average Bonchev–Trinajstić information content (AvgIpc) is 2.64. The number of benzene rings is 1. The van der Waals surface area contributed by atoms with E-state index in [-0.39, 0.29) is 7.43 Å². The highest BCUT2D eigenvalue weighted by atomic mass is 32.2. The van der Waals surface area contributed by atoms with Gasteiger partial charge in [-0.1, -0.05) is 26.5 Å². The minimum absolute atomic E-state index is 0. The molecule has 0 bridgehead atoms. The lowest BCUT2D eigenvalue weighted by Crippen LogP contribution is -2.34. The Kier molecular flexibility index (Phi) is 14.8. The number of rotatable bonds is 5. The third-order valence-corrected chi connectivity index (χ3v) is 5.13. The van der Waals surface area contributed by atoms with Gasteiger partial charge in [-0.25, -0.2) is 13.2 Å². The lowest BCUT2D eigenvalue weighted by Gasteiger charge is -2.32. The number of sulfone groups is 1. The van der Waals surface area contributed by atoms with Crippen molar-refractivity contribution < 1.29 is 28.2 Å². The molecular formula is C20H33NO6S. The molecule has 1 atom stereocenters. The number of carboxylic acids is 1. The van der Waals surface area contributed by atoms with Crippen LogP contribution in [0, 0.1) is 0 Å². The van der Waals surface area contributed by atoms with Gasteiger partial charge >= 0.3 is 5.97 Å². The molecule has 1 aromatic carbocycles. The molecule has 28 heavy (non-hydrogen) atoms. The van der Waals surface area contributed by atoms with Crippen molar-refractivity contribution in [1.82, 2.24) is 4.90 Å². The predicted octanol–water partition coefficient (Wildman–Crippen LogP) is 3.27. The van der Waals surface area contributed by atoms with Gasteiger partial charge in [-0.15, -0.1) is 0 Å². The van der Waals surface area contributed by atoms with Crippen molar-refractivity contribution in [2.45, 2.75) is 44.4 Å². The molecule has 2 rings (SSSR count). The summed E-state index contributed by atoms with van der Waals surface area (Å²) in [5.74, 6) is -0.667. The fourth-order valence-corrected chi connectivity index (χ4v) is 3.59. The lowest BCUT2D eigenvalue weighted by atomic mass is 9.90. The van der Waals surface area contributed by atoms with Crippen molar-refractivity contribution in [1.29, 1.82) is 0 Å². The highest BCUT2D eigenvalue weighted by Gasteiger charge is 2.21. The second kappa shape index (κ2) is 14.8. The first kappa shape index (κ1) is 28.0. The van der Waals surface area contributed by atoms with Crippen molar-refractivity contribution in [2.75, 3.05) is 25.9 Å². The number of likely N-dealkylation sites (tertiary alicyclic amines) is 1. The summed E-state index contributed by atoms with van der Waals surface area (Å²) >= 11 is 0. The van der Waals surface area contributed by atoms with E-state index in [2.05, 4.69) is 17.9 Å². The molecule has 160 valence electrons. The largest absolute Gasteiger partial charge is 0.515 e. The van der Waals surface area contributed by atoms with Crippen LogP contribution >= 0.6 is 0 Å². The first-order valence-electron chi connectivity index (χ1n) is 8.62. The Bertz CT molecular complexity index is 700. The lowest BCUT2D eigenvalue weighted by molar-refractivity contribution is -0.131. The third-order valence-electron chi connectivity index (χ3n) is 4.02. The topological polar surface area (TPSA) is 112 Å². The maximum Gasteiger partial charge on any atom is 0.331 e. The van der Waals surface area contributed by atoms with Gasteiger partial charge in [0, 0.05) is 12.8 Å². The van der Waals surface area contributed by atoms with Crippen LogP contribution in [0.15, 0.2) is 41.5 Å². The molecule has 0 unspecified atom stereocenters. The number of carboxylic acid groups (broad SMARTS) is 1. The zero-order chi connectivity index (χ0) is 20.9. The SMILES string of the molecule is C.C=O.CCCN1CCC[C@@H](c2cccc(S(C)(=O)=O)c2)C1.O=C(O)/C=C/O. The first-order valence-corrected chi connectivity index (χ1v) is 10.5. The predicted molar refractivity (Wildman–Crippen MR) is 112 cm³/mol. The van der Waals surface area contributed by atoms with E-state index in [1.54, 1.807) is 6.07 Å². The maximum absolute atomic E-state index is 11.6. The summed E-state index contributed by atoms with van der Waals surface area (Å²) in [5, 5.41) is 15.3. The molecule has 0 saturated carbocycles. The molecule has 0 radical (unpaired) electrons. The van der Waals surface area contributed by atoms with Gasteiger partial charge in [0.05, 0.1) is 17.2 Å². The Balaban J connectivity index is 0. The number of aliphatic carboxylic acids is 1. The van der Waals surface area contributed by atoms with Gasteiger partial charge in [0.25, 0.3) is 0 Å². The molecule has 1 aliphatic rings. The Hall–Kier alpha value is -2.19. The molecule has 0 aliphatic carbocycles. The van der Waals surface area contributed by atoms with Crippen LogP contribution in [0.2, 0.25) is 0 Å². The molecule has 2 N–H and O–H groups in total. The van der Waals surface area contributed by atoms with E-state index >= 15 is 0 Å². The van der Waals surface area contributed by atoms with Crippen LogP contribution in [-0.4, -0.2) is 62.2 Å². The van der Waals surface area contributed by atoms with Crippen molar-refractivity contribution in [3.63, 3.8) is 0 Å². The fraction of sp³-hybridized carbons (Fsp3) is 0.500. The van der Waals surface area contributed by atoms with E-state index in [0.29, 0.717) is 23.2 Å². The fourth-order valence-electron chi connectivity index (χ4n) is 2.91. The molecule has 1 saturated heterocycles. The molecule has 1 heterocycles. The van der Waals surface area contributed by atoms with E-state index in [4.69, 9.17) is 15.0 Å². The van der Waals surface area contributed by atoms with Crippen LogP contribution in [0.3, 0.4) is 0 Å². The van der Waals surface area contributed by atoms with Gasteiger partial charge in [-0.3, -0.25) is 0 Å². The van der Waals surface area contributed by atoms with Crippen molar-refractivity contribution in [2.24, 2.45) is 0 Å². The van der Waals surface area contributed by atoms with Crippen molar-refractivity contribution >= 4 is 22.6 Å². The van der Waals surface area contributed by atoms with Gasteiger partial charge in [0.1, 0.15) is 6.79 Å². The number of hydrogen-bond donors (Lipinski definition) is 2. The Morgan fingerprint density at radius 3 is 2.46 bits per heavy atom. The maximum atomic E-state index is 11.6. The van der Waals surface area contributed by atoms with E-state index in [9.17, 15) is 13.2 Å². The van der Waals surface area contributed by atoms with E-state index in [1.807, 2.05) is 18.9 Å². The molecule has 1 fully saturated rings. The summed E-state index contributed by atoms with van der Waals surface area (Å²) in [6.45, 7) is 7.58. The monoisotopic (exact) mass is 415 g/mol. The van der Waals surface area contributed by atoms with E-state index < -0.39 is 15.8 Å². The summed E-state index contributed by atoms with van der Waals surface area (Å²) in [5.41, 5.74) is 1.17. The van der Waals surface area contributed by atoms with Crippen LogP contribution in [-0.2, 0) is 19.4 Å². The van der Waals surface area contributed by atoms with Crippen LogP contribution in [0.4, 0.5) is 0 Å². The Morgan fingerprint density at radius 2 is 2.00 bits per heavy atom. The van der Waals surface area contributed by atoms with Crippen molar-refractivity contribution in [3.05, 3.63) is 42.2 Å². The quantitative estimate of drug-likeness (QED) is 0.560. The first-order chi connectivity index (χ1) is 12.8. The molecule has 1 aliphatic heterocycles. The number of piperidine rings is 1. The highest BCUT2D eigenvalue weighted by molar-refractivity contribution is 7.90. The van der Waals surface area contributed by atoms with Gasteiger partial charge in [-0.2, -0.15) is 0 Å². The van der Waals surface area contributed by atoms with Crippen LogP contribution in [0.5, 0.6) is 0 Å². The summed E-state index contributed by atoms with van der Waals surface area (Å²) in [7, 11) is -3.10. The third kappa shape index (κ3) is 10.8. The van der Waals surface area contributed by atoms with Gasteiger partial charge in [0.2, 0.25) is 0 Å². The van der Waals surface area contributed by atoms with Crippen LogP contribution in [0.25, 0.3) is 0 Å². The Morgan fingerprint density at radius 1 is 1.36 bits per heavy atom. The smallest absolute Gasteiger partial charge is 0.331 e. The summed E-state index contributed by atoms with van der Waals surface area (Å²) < 4.78 is 23.2. The van der Waals surface area contributed by atoms with Gasteiger partial charge in [0.15, 0.2) is 9.84 Å². The number of carbonyl (C=O) groups excluding carboxylic acids is 1. The zero-order valence-corrected chi connectivity index (χ0v) is 16.7. The second-order valence-electron chi connectivity index (χ2n) is 6.14. The number of hydrogen-bond acceptors (Lipinski definition) is 6. The number of carbonyl (C=O) groups is 2. The number of aliphatic hydroxyl groups is 1. The molecule has 0 amide bonds. The Labute approximate surface area is 168 Å². The minimum Gasteiger partial charge on any atom is -0.515 e. The number of aliphatic hydroxyl groups excluding tert-OH is 1. The van der Waals surface area contributed by atoms with E-state index in [0.717, 1.165) is 19.5 Å². The zero-order valence-electron chi connectivity index (χ0n) is 15.9. The standard InChI is InChI=1S/C15H23NO2S.C3H4O3.CH2O.CH4/c1-3-9-16-10-5-7-14(12-16)13-6-4-8-15(11-13)19(2,17)18;4-2-1-3(5)6;1-2;/h4,6,8,11,14H,3,5,7,9-10,12H2,1-2H3;1-2,4H,(H,5,6);1H2;1H4/b;2-1+;;/t14-;;;/m1.../s1. The normalized spacial score (nSPS) is 16.7. The van der Waals surface area contributed by atoms with E-state index in [1.165, 1.54) is 31.2 Å². The summed E-state index contributed by atoms with van der Waals surface area (Å²) in [6.07, 6.45) is 5.93. The van der Waals surface area contributed by atoms with Crippen LogP contribution < -0.4 is 0 Å². The second-order valence-corrected chi connectivity index (χ2v) is 8.15. The molecule has 0 aromatic heterocycles. The number of nitrogens with zero attached hydrogens (tertiary/aromatic N) is 1.